The number of pyridine rings is 1. The zero-order valence-electron chi connectivity index (χ0n) is 29.7. The van der Waals surface area contributed by atoms with E-state index in [9.17, 15) is 0 Å². The average Bonchev–Trinajstić information content (AvgIpc) is 3.66. The predicted molar refractivity (Wildman–Crippen MR) is 232 cm³/mol. The van der Waals surface area contributed by atoms with Gasteiger partial charge in [0, 0.05) is 37.6 Å². The Hall–Kier alpha value is -6.80. The van der Waals surface area contributed by atoms with Gasteiger partial charge in [0.1, 0.15) is 11.3 Å². The van der Waals surface area contributed by atoms with Gasteiger partial charge in [0.15, 0.2) is 12.7 Å². The molecular formula is C51H32NO2P. The van der Waals surface area contributed by atoms with Crippen LogP contribution in [0.5, 0.6) is 0 Å². The minimum Gasteiger partial charge on any atom is -0.454 e. The summed E-state index contributed by atoms with van der Waals surface area (Å²) in [6.07, 6.45) is 0. The van der Waals surface area contributed by atoms with Gasteiger partial charge in [-0.1, -0.05) is 164 Å². The number of furan rings is 1. The molecule has 2 heterocycles. The molecule has 0 bridgehead atoms. The molecule has 0 amide bonds. The molecule has 0 saturated heterocycles. The molecule has 11 aromatic rings. The van der Waals surface area contributed by atoms with Crippen LogP contribution in [0.1, 0.15) is 0 Å². The summed E-state index contributed by atoms with van der Waals surface area (Å²) in [7, 11) is -3.15. The number of rotatable bonds is 5. The van der Waals surface area contributed by atoms with Crippen LogP contribution in [0.3, 0.4) is 0 Å². The normalized spacial score (nSPS) is 12.1. The van der Waals surface area contributed by atoms with Crippen molar-refractivity contribution in [3.63, 3.8) is 0 Å². The SMILES string of the molecule is O=P(c1ccccc1)(c1ccccc1)c1cccc(-c2ccc3nc(-c4ccc5c6ccccc6c6ccccc6c5c4)c4oc5ccccc5c4c3c2)c1. The lowest BCUT2D eigenvalue weighted by atomic mass is 9.92. The summed E-state index contributed by atoms with van der Waals surface area (Å²) in [5, 5.41) is 12.9. The van der Waals surface area contributed by atoms with Gasteiger partial charge in [0.2, 0.25) is 0 Å². The first-order valence-electron chi connectivity index (χ1n) is 18.6. The van der Waals surface area contributed by atoms with Crippen LogP contribution in [0.25, 0.3) is 87.5 Å². The summed E-state index contributed by atoms with van der Waals surface area (Å²) in [6.45, 7) is 0. The first-order valence-corrected chi connectivity index (χ1v) is 20.3. The van der Waals surface area contributed by atoms with Crippen LogP contribution in [0.15, 0.2) is 199 Å². The molecule has 0 radical (unpaired) electrons. The highest BCUT2D eigenvalue weighted by Crippen LogP contribution is 2.45. The summed E-state index contributed by atoms with van der Waals surface area (Å²) in [6, 6.07) is 66.6. The third-order valence-corrected chi connectivity index (χ3v) is 14.2. The van der Waals surface area contributed by atoms with E-state index in [-0.39, 0.29) is 0 Å². The van der Waals surface area contributed by atoms with Crippen molar-refractivity contribution in [2.75, 3.05) is 0 Å². The summed E-state index contributed by atoms with van der Waals surface area (Å²) in [4.78, 5) is 5.35. The maximum atomic E-state index is 15.3. The van der Waals surface area contributed by atoms with Gasteiger partial charge >= 0.3 is 0 Å². The molecule has 0 atom stereocenters. The van der Waals surface area contributed by atoms with Crippen molar-refractivity contribution in [1.29, 1.82) is 0 Å². The third kappa shape index (κ3) is 4.91. The van der Waals surface area contributed by atoms with Gasteiger partial charge in [0.25, 0.3) is 0 Å². The Balaban J connectivity index is 1.12. The summed E-state index contributed by atoms with van der Waals surface area (Å²) in [5.41, 5.74) is 6.31. The van der Waals surface area contributed by atoms with E-state index in [1.54, 1.807) is 0 Å². The van der Waals surface area contributed by atoms with Crippen LogP contribution in [0.4, 0.5) is 0 Å². The van der Waals surface area contributed by atoms with Crippen molar-refractivity contribution in [2.45, 2.75) is 0 Å². The predicted octanol–water partition coefficient (Wildman–Crippen LogP) is 12.6. The molecule has 0 aliphatic rings. The molecular weight excluding hydrogens is 690 g/mol. The van der Waals surface area contributed by atoms with Gasteiger partial charge in [0.05, 0.1) is 5.52 Å². The molecule has 0 aliphatic carbocycles. The maximum absolute atomic E-state index is 15.3. The fraction of sp³-hybridized carbons (Fsp3) is 0. The van der Waals surface area contributed by atoms with Gasteiger partial charge in [-0.15, -0.1) is 0 Å². The van der Waals surface area contributed by atoms with Crippen LogP contribution in [0, 0.1) is 0 Å². The second-order valence-corrected chi connectivity index (χ2v) is 16.9. The topological polar surface area (TPSA) is 43.1 Å². The second kappa shape index (κ2) is 12.4. The number of benzene rings is 9. The summed E-state index contributed by atoms with van der Waals surface area (Å²) < 4.78 is 22.0. The molecule has 0 fully saturated rings. The van der Waals surface area contributed by atoms with Crippen molar-refractivity contribution in [1.82, 2.24) is 4.98 Å². The monoisotopic (exact) mass is 721 g/mol. The largest absolute Gasteiger partial charge is 0.454 e. The van der Waals surface area contributed by atoms with Gasteiger partial charge in [-0.2, -0.15) is 0 Å². The Morgan fingerprint density at radius 1 is 0.382 bits per heavy atom. The fourth-order valence-corrected chi connectivity index (χ4v) is 11.2. The van der Waals surface area contributed by atoms with Crippen LogP contribution in [0.2, 0.25) is 0 Å². The standard InChI is InChI=1S/C51H32NO2P/c53-55(36-15-3-1-4-16-36,37-17-5-2-6-18-37)38-19-13-14-33(30-38)34-27-29-47-46(31-34)49-44-24-11-12-25-48(44)54-51(49)50(52-47)35-26-28-43-41-22-8-7-20-39(41)40-21-9-10-23-42(40)45(43)32-35/h1-32H. The van der Waals surface area contributed by atoms with E-state index in [1.165, 1.54) is 32.3 Å². The Bertz CT molecular complexity index is 3270. The van der Waals surface area contributed by atoms with Gasteiger partial charge in [-0.05, 0) is 73.8 Å². The van der Waals surface area contributed by atoms with E-state index in [4.69, 9.17) is 9.40 Å². The van der Waals surface area contributed by atoms with Crippen LogP contribution >= 0.6 is 7.14 Å². The highest BCUT2D eigenvalue weighted by atomic mass is 31.2. The highest BCUT2D eigenvalue weighted by Gasteiger charge is 2.30. The molecule has 258 valence electrons. The maximum Gasteiger partial charge on any atom is 0.171 e. The first kappa shape index (κ1) is 31.7. The number of para-hydroxylation sites is 1. The molecule has 3 nitrogen and oxygen atoms in total. The zero-order valence-corrected chi connectivity index (χ0v) is 30.6. The molecule has 9 aromatic carbocycles. The lowest BCUT2D eigenvalue weighted by Gasteiger charge is -2.20. The van der Waals surface area contributed by atoms with E-state index >= 15 is 4.57 Å². The Morgan fingerprint density at radius 2 is 0.891 bits per heavy atom. The molecule has 2 aromatic heterocycles. The molecule has 55 heavy (non-hydrogen) atoms. The molecule has 0 spiro atoms. The van der Waals surface area contributed by atoms with Crippen molar-refractivity contribution in [2.24, 2.45) is 0 Å². The molecule has 0 unspecified atom stereocenters. The highest BCUT2D eigenvalue weighted by molar-refractivity contribution is 7.85. The van der Waals surface area contributed by atoms with Gasteiger partial charge in [-0.3, -0.25) is 0 Å². The van der Waals surface area contributed by atoms with Crippen molar-refractivity contribution in [3.8, 4) is 22.4 Å². The Kier molecular flexibility index (Phi) is 7.14. The van der Waals surface area contributed by atoms with E-state index in [2.05, 4.69) is 109 Å². The van der Waals surface area contributed by atoms with Crippen molar-refractivity contribution in [3.05, 3.63) is 194 Å². The Labute approximate surface area is 317 Å². The van der Waals surface area contributed by atoms with E-state index < -0.39 is 7.14 Å². The van der Waals surface area contributed by atoms with Gasteiger partial charge in [-0.25, -0.2) is 4.98 Å². The minimum atomic E-state index is -3.15. The quantitative estimate of drug-likeness (QED) is 0.131. The Morgan fingerprint density at radius 3 is 1.56 bits per heavy atom. The van der Waals surface area contributed by atoms with Crippen LogP contribution in [-0.2, 0) is 4.57 Å². The average molecular weight is 722 g/mol. The van der Waals surface area contributed by atoms with Crippen LogP contribution < -0.4 is 15.9 Å². The lowest BCUT2D eigenvalue weighted by molar-refractivity contribution is 0.592. The summed E-state index contributed by atoms with van der Waals surface area (Å²) in [5.74, 6) is 0. The lowest BCUT2D eigenvalue weighted by Crippen LogP contribution is -2.25. The molecule has 11 rings (SSSR count). The number of aromatic nitrogens is 1. The van der Waals surface area contributed by atoms with Crippen molar-refractivity contribution >= 4 is 88.2 Å². The zero-order chi connectivity index (χ0) is 36.5. The minimum absolute atomic E-state index is 0.765. The number of hydrogen-bond acceptors (Lipinski definition) is 3. The van der Waals surface area contributed by atoms with Crippen molar-refractivity contribution < 1.29 is 8.98 Å². The van der Waals surface area contributed by atoms with E-state index in [0.29, 0.717) is 0 Å². The van der Waals surface area contributed by atoms with Gasteiger partial charge < -0.3 is 8.98 Å². The number of nitrogens with zero attached hydrogens (tertiary/aromatic N) is 1. The molecule has 4 heteroatoms. The fourth-order valence-electron chi connectivity index (χ4n) is 8.52. The summed E-state index contributed by atoms with van der Waals surface area (Å²) >= 11 is 0. The first-order chi connectivity index (χ1) is 27.1. The number of hydrogen-bond donors (Lipinski definition) is 0. The van der Waals surface area contributed by atoms with E-state index in [0.717, 1.165) is 71.1 Å². The molecule has 0 aliphatic heterocycles. The number of fused-ring (bicyclic) bond motifs is 11. The van der Waals surface area contributed by atoms with Crippen LogP contribution in [-0.4, -0.2) is 4.98 Å². The molecule has 0 N–H and O–H groups in total. The second-order valence-electron chi connectivity index (χ2n) is 14.2. The molecule has 0 saturated carbocycles. The third-order valence-electron chi connectivity index (χ3n) is 11.1. The van der Waals surface area contributed by atoms with E-state index in [1.807, 2.05) is 84.9 Å². The smallest absolute Gasteiger partial charge is 0.171 e.